The van der Waals surface area contributed by atoms with Gasteiger partial charge in [0.15, 0.2) is 0 Å². The predicted octanol–water partition coefficient (Wildman–Crippen LogP) is 10.4. The van der Waals surface area contributed by atoms with Crippen molar-refractivity contribution in [2.24, 2.45) is 11.8 Å². The molecule has 0 amide bonds. The van der Waals surface area contributed by atoms with Gasteiger partial charge in [-0.15, -0.1) is 0 Å². The number of aryl methyl sites for hydroxylation is 1. The number of phenolic OH excluding ortho intramolecular Hbond substituents is 3. The Balaban J connectivity index is 1.15. The third kappa shape index (κ3) is 9.57. The van der Waals surface area contributed by atoms with E-state index in [0.717, 1.165) is 95.5 Å². The fourth-order valence-electron chi connectivity index (χ4n) is 10.8. The number of hydrogen-bond acceptors (Lipinski definition) is 11. The van der Waals surface area contributed by atoms with Crippen LogP contribution in [0.25, 0.3) is 21.9 Å². The van der Waals surface area contributed by atoms with E-state index >= 15 is 0 Å². The minimum Gasteiger partial charge on any atom is -0.508 e. The summed E-state index contributed by atoms with van der Waals surface area (Å²) in [5.74, 6) is 2.14. The molecule has 5 aromatic rings. The third-order valence-corrected chi connectivity index (χ3v) is 14.1. The molecule has 5 atom stereocenters. The first kappa shape index (κ1) is 45.0. The van der Waals surface area contributed by atoms with Crippen LogP contribution in [0.4, 0.5) is 0 Å². The lowest BCUT2D eigenvalue weighted by Crippen LogP contribution is -2.46. The average molecular weight is 889 g/mol. The summed E-state index contributed by atoms with van der Waals surface area (Å²) in [6, 6.07) is 22.2. The molecule has 65 heavy (non-hydrogen) atoms. The largest absolute Gasteiger partial charge is 0.508 e. The molecule has 0 saturated heterocycles. The second-order valence-electron chi connectivity index (χ2n) is 18.4. The maximum absolute atomic E-state index is 13.0. The molecule has 346 valence electrons. The second-order valence-corrected chi connectivity index (χ2v) is 18.4. The van der Waals surface area contributed by atoms with Gasteiger partial charge in [0.2, 0.25) is 0 Å². The molecule has 4 aliphatic rings. The molecule has 11 nitrogen and oxygen atoms in total. The highest BCUT2D eigenvalue weighted by Gasteiger charge is 2.49. The van der Waals surface area contributed by atoms with E-state index in [-0.39, 0.29) is 49.3 Å². The lowest BCUT2D eigenvalue weighted by atomic mass is 9.72. The maximum Gasteiger partial charge on any atom is 0.133 e. The number of phenols is 3. The molecule has 5 N–H and O–H groups in total. The van der Waals surface area contributed by atoms with E-state index in [1.54, 1.807) is 31.4 Å². The van der Waals surface area contributed by atoms with E-state index in [4.69, 9.17) is 28.4 Å². The van der Waals surface area contributed by atoms with Gasteiger partial charge in [-0.3, -0.25) is 0 Å². The van der Waals surface area contributed by atoms with Crippen molar-refractivity contribution in [2.75, 3.05) is 33.5 Å². The molecule has 0 bridgehead atoms. The summed E-state index contributed by atoms with van der Waals surface area (Å²) in [6.07, 6.45) is 9.06. The molecule has 0 unspecified atom stereocenters. The van der Waals surface area contributed by atoms with E-state index in [1.165, 1.54) is 0 Å². The van der Waals surface area contributed by atoms with Crippen molar-refractivity contribution in [1.82, 2.24) is 0 Å². The van der Waals surface area contributed by atoms with Gasteiger partial charge in [0.25, 0.3) is 0 Å². The number of methoxy groups -OCH3 is 1. The molecule has 5 aromatic carbocycles. The van der Waals surface area contributed by atoms with Crippen LogP contribution in [-0.2, 0) is 22.3 Å². The fraction of sp³-hybridized carbons (Fsp3) is 0.481. The zero-order valence-electron chi connectivity index (χ0n) is 37.7. The molecule has 2 aliphatic carbocycles. The van der Waals surface area contributed by atoms with Crippen LogP contribution in [0.3, 0.4) is 0 Å². The zero-order chi connectivity index (χ0) is 45.0. The minimum absolute atomic E-state index is 0.0355. The van der Waals surface area contributed by atoms with Crippen LogP contribution in [0, 0.1) is 11.8 Å². The zero-order valence-corrected chi connectivity index (χ0v) is 37.7. The fourth-order valence-corrected chi connectivity index (χ4v) is 10.8. The van der Waals surface area contributed by atoms with Crippen molar-refractivity contribution >= 4 is 10.8 Å². The van der Waals surface area contributed by atoms with Gasteiger partial charge >= 0.3 is 0 Å². The minimum atomic E-state index is -1.01. The average Bonchev–Trinajstić information content (AvgIpc) is 4.03. The van der Waals surface area contributed by atoms with Crippen LogP contribution in [-0.4, -0.2) is 77.4 Å². The molecule has 9 rings (SSSR count). The van der Waals surface area contributed by atoms with Crippen molar-refractivity contribution in [3.05, 3.63) is 101 Å². The Morgan fingerprint density at radius 1 is 0.723 bits per heavy atom. The Bertz CT molecular complexity index is 2440. The summed E-state index contributed by atoms with van der Waals surface area (Å²) in [5, 5.41) is 56.9. The quantitative estimate of drug-likeness (QED) is 0.0566. The Hall–Kier alpha value is -5.20. The van der Waals surface area contributed by atoms with Crippen LogP contribution in [0.15, 0.2) is 72.8 Å². The highest BCUT2D eigenvalue weighted by Crippen LogP contribution is 2.55. The molecular formula is C54H64O11. The van der Waals surface area contributed by atoms with Crippen molar-refractivity contribution in [2.45, 2.75) is 121 Å². The second kappa shape index (κ2) is 20.1. The van der Waals surface area contributed by atoms with Gasteiger partial charge in [-0.25, -0.2) is 0 Å². The van der Waals surface area contributed by atoms with Gasteiger partial charge in [0, 0.05) is 72.6 Å². The number of rotatable bonds is 17. The van der Waals surface area contributed by atoms with Gasteiger partial charge < -0.3 is 54.0 Å². The lowest BCUT2D eigenvalue weighted by molar-refractivity contribution is -0.113. The van der Waals surface area contributed by atoms with E-state index in [0.29, 0.717) is 67.3 Å². The smallest absolute Gasteiger partial charge is 0.133 e. The van der Waals surface area contributed by atoms with Crippen molar-refractivity contribution in [3.8, 4) is 51.4 Å². The van der Waals surface area contributed by atoms with Crippen molar-refractivity contribution in [3.63, 3.8) is 0 Å². The third-order valence-electron chi connectivity index (χ3n) is 14.1. The maximum atomic E-state index is 13.0. The summed E-state index contributed by atoms with van der Waals surface area (Å²) in [5.41, 5.74) is 5.60. The molecule has 2 fully saturated rings. The number of aliphatic hydroxyl groups excluding tert-OH is 2. The summed E-state index contributed by atoms with van der Waals surface area (Å²) in [4.78, 5) is 0. The number of ether oxygens (including phenoxy) is 6. The molecule has 2 aliphatic heterocycles. The van der Waals surface area contributed by atoms with Crippen molar-refractivity contribution in [1.29, 1.82) is 0 Å². The topological polar surface area (TPSA) is 157 Å². The molecule has 11 heteroatoms. The van der Waals surface area contributed by atoms with Gasteiger partial charge in [-0.05, 0) is 160 Å². The predicted molar refractivity (Wildman–Crippen MR) is 249 cm³/mol. The van der Waals surface area contributed by atoms with Crippen LogP contribution >= 0.6 is 0 Å². The summed E-state index contributed by atoms with van der Waals surface area (Å²) in [7, 11) is 1.69. The highest BCUT2D eigenvalue weighted by molar-refractivity contribution is 5.96. The van der Waals surface area contributed by atoms with E-state index in [9.17, 15) is 25.5 Å². The van der Waals surface area contributed by atoms with Gasteiger partial charge in [0.05, 0.1) is 31.0 Å². The van der Waals surface area contributed by atoms with E-state index in [1.807, 2.05) is 55.5 Å². The van der Waals surface area contributed by atoms with E-state index in [2.05, 4.69) is 0 Å². The standard InChI is InChI=1S/C54H64O11/c1-3-32-26-42(33-11-8-12-36(56)24-33)34(27-47(32)58)23-35-25-40(63-38-13-4-5-14-38)29-44-51(59)46(31-62-52(35)44)50-48(17-9-21-60-2)65-53-41-19-18-37(57)28-43(41)49(64-39-15-6-7-16-39)30-45(53)54(50)61-22-10-20-55/h8,11-12,18-19,24-30,38-39,46,48,50-51,54-59H,3-7,9-10,13-17,20-23,31H2,1-2H3/t46-,48-,50-,51-,54+/m1/s1. The van der Waals surface area contributed by atoms with Crippen LogP contribution in [0.5, 0.6) is 40.2 Å². The number of hydrogen-bond donors (Lipinski definition) is 5. The first-order valence-electron chi connectivity index (χ1n) is 23.9. The van der Waals surface area contributed by atoms with Gasteiger partial charge in [0.1, 0.15) is 46.4 Å². The molecular weight excluding hydrogens is 825 g/mol. The normalized spacial score (nSPS) is 22.1. The Labute approximate surface area is 381 Å². The lowest BCUT2D eigenvalue weighted by Gasteiger charge is -2.46. The SMILES string of the molecule is CCc1cc(-c2cccc(O)c2)c(Cc2cc(OC3CCCC3)cc3c2OC[C@H]([C@@H]2[C@@H](CCCOC)Oc4c(cc(OC5CCCC5)c5cc(O)ccc45)[C@@H]2OCCCO)[C@@H]3O)cc1O. The van der Waals surface area contributed by atoms with Crippen molar-refractivity contribution < 1.29 is 54.0 Å². The first-order chi connectivity index (χ1) is 31.7. The summed E-state index contributed by atoms with van der Waals surface area (Å²) >= 11 is 0. The molecule has 2 saturated carbocycles. The van der Waals surface area contributed by atoms with Crippen LogP contribution in [0.1, 0.15) is 118 Å². The van der Waals surface area contributed by atoms with Crippen LogP contribution < -0.4 is 18.9 Å². The summed E-state index contributed by atoms with van der Waals surface area (Å²) < 4.78 is 39.9. The van der Waals surface area contributed by atoms with Crippen LogP contribution in [0.2, 0.25) is 0 Å². The van der Waals surface area contributed by atoms with E-state index < -0.39 is 30.1 Å². The number of aromatic hydroxyl groups is 3. The molecule has 0 spiro atoms. The number of benzene rings is 5. The molecule has 0 radical (unpaired) electrons. The first-order valence-corrected chi connectivity index (χ1v) is 23.9. The van der Waals surface area contributed by atoms with Gasteiger partial charge in [-0.2, -0.15) is 0 Å². The Kier molecular flexibility index (Phi) is 13.9. The number of fused-ring (bicyclic) bond motifs is 4. The Morgan fingerprint density at radius 2 is 1.49 bits per heavy atom. The summed E-state index contributed by atoms with van der Waals surface area (Å²) in [6.45, 7) is 2.94. The molecule has 0 aromatic heterocycles. The van der Waals surface area contributed by atoms with Gasteiger partial charge in [-0.1, -0.05) is 19.1 Å². The highest BCUT2D eigenvalue weighted by atomic mass is 16.5. The Morgan fingerprint density at radius 3 is 2.23 bits per heavy atom. The monoisotopic (exact) mass is 888 g/mol. The number of aliphatic hydroxyl groups is 2. The molecule has 2 heterocycles.